The van der Waals surface area contributed by atoms with E-state index in [9.17, 15) is 0 Å². The number of hydrogen-bond acceptors (Lipinski definition) is 7. The van der Waals surface area contributed by atoms with Gasteiger partial charge < -0.3 is 13.6 Å². The Hall–Kier alpha value is -3.06. The number of oxazole rings is 1. The maximum atomic E-state index is 5.71. The molecule has 0 saturated carbocycles. The molecule has 0 saturated heterocycles. The minimum atomic E-state index is 0.516. The molecule has 2 aromatic heterocycles. The molecule has 0 fully saturated rings. The van der Waals surface area contributed by atoms with Crippen molar-refractivity contribution in [1.29, 1.82) is 0 Å². The van der Waals surface area contributed by atoms with Gasteiger partial charge in [0.1, 0.15) is 12.0 Å². The Morgan fingerprint density at radius 1 is 1.00 bits per heavy atom. The standard InChI is InChI=1S/C20H17N3O3S/c1-24-17-9-7-14(8-10-17)11-18-22-23-20(26-18)27-13-16-12-25-19(21-16)15-5-3-2-4-6-15/h2-10,12H,11,13H2,1H3. The van der Waals surface area contributed by atoms with Crippen molar-refractivity contribution in [1.82, 2.24) is 15.2 Å². The molecule has 0 aliphatic carbocycles. The van der Waals surface area contributed by atoms with E-state index < -0.39 is 0 Å². The maximum absolute atomic E-state index is 5.71. The second-order valence-electron chi connectivity index (χ2n) is 5.79. The molecule has 136 valence electrons. The van der Waals surface area contributed by atoms with E-state index in [0.29, 0.717) is 29.2 Å². The van der Waals surface area contributed by atoms with E-state index >= 15 is 0 Å². The molecule has 0 radical (unpaired) electrons. The first kappa shape index (κ1) is 17.4. The second-order valence-corrected chi connectivity index (χ2v) is 6.71. The lowest BCUT2D eigenvalue weighted by Crippen LogP contribution is -1.89. The van der Waals surface area contributed by atoms with Crippen LogP contribution in [0.3, 0.4) is 0 Å². The molecule has 2 aromatic carbocycles. The minimum Gasteiger partial charge on any atom is -0.497 e. The van der Waals surface area contributed by atoms with Crippen molar-refractivity contribution >= 4 is 11.8 Å². The molecule has 27 heavy (non-hydrogen) atoms. The molecular weight excluding hydrogens is 362 g/mol. The summed E-state index contributed by atoms with van der Waals surface area (Å²) in [5.41, 5.74) is 2.86. The Bertz CT molecular complexity index is 997. The van der Waals surface area contributed by atoms with Crippen LogP contribution < -0.4 is 4.74 Å². The Morgan fingerprint density at radius 2 is 1.81 bits per heavy atom. The van der Waals surface area contributed by atoms with Crippen LogP contribution in [0, 0.1) is 0 Å². The lowest BCUT2D eigenvalue weighted by Gasteiger charge is -2.00. The molecule has 0 unspecified atom stereocenters. The van der Waals surface area contributed by atoms with E-state index in [-0.39, 0.29) is 0 Å². The molecule has 7 heteroatoms. The number of benzene rings is 2. The highest BCUT2D eigenvalue weighted by atomic mass is 32.2. The largest absolute Gasteiger partial charge is 0.497 e. The summed E-state index contributed by atoms with van der Waals surface area (Å²) in [5.74, 6) is 2.60. The van der Waals surface area contributed by atoms with Crippen molar-refractivity contribution in [2.24, 2.45) is 0 Å². The van der Waals surface area contributed by atoms with Crippen LogP contribution >= 0.6 is 11.8 Å². The lowest BCUT2D eigenvalue weighted by atomic mass is 10.1. The first-order chi connectivity index (χ1) is 13.3. The summed E-state index contributed by atoms with van der Waals surface area (Å²) < 4.78 is 16.4. The molecule has 0 aliphatic rings. The number of methoxy groups -OCH3 is 1. The van der Waals surface area contributed by atoms with E-state index in [1.807, 2.05) is 54.6 Å². The van der Waals surface area contributed by atoms with Crippen LogP contribution in [0.15, 0.2) is 74.9 Å². The van der Waals surface area contributed by atoms with Gasteiger partial charge in [0.2, 0.25) is 11.8 Å². The fraction of sp³-hybridized carbons (Fsp3) is 0.150. The molecular formula is C20H17N3O3S. The van der Waals surface area contributed by atoms with Crippen LogP contribution in [0.2, 0.25) is 0 Å². The van der Waals surface area contributed by atoms with Crippen molar-refractivity contribution in [3.05, 3.63) is 78.0 Å². The molecule has 0 spiro atoms. The number of rotatable bonds is 7. The summed E-state index contributed by atoms with van der Waals surface area (Å²) in [5, 5.41) is 8.71. The molecule has 6 nitrogen and oxygen atoms in total. The third kappa shape index (κ3) is 4.38. The van der Waals surface area contributed by atoms with Crippen LogP contribution in [0.5, 0.6) is 5.75 Å². The van der Waals surface area contributed by atoms with Crippen molar-refractivity contribution < 1.29 is 13.6 Å². The molecule has 4 rings (SSSR count). The van der Waals surface area contributed by atoms with E-state index in [1.54, 1.807) is 13.4 Å². The molecule has 4 aromatic rings. The SMILES string of the molecule is COc1ccc(Cc2nnc(SCc3coc(-c4ccccc4)n3)o2)cc1. The number of hydrogen-bond donors (Lipinski definition) is 0. The summed E-state index contributed by atoms with van der Waals surface area (Å²) >= 11 is 1.44. The molecule has 0 N–H and O–H groups in total. The van der Waals surface area contributed by atoms with Gasteiger partial charge in [-0.05, 0) is 29.8 Å². The smallest absolute Gasteiger partial charge is 0.276 e. The van der Waals surface area contributed by atoms with Crippen LogP contribution in [0.4, 0.5) is 0 Å². The lowest BCUT2D eigenvalue weighted by molar-refractivity contribution is 0.413. The molecule has 0 amide bonds. The van der Waals surface area contributed by atoms with Crippen LogP contribution in [-0.4, -0.2) is 22.3 Å². The summed E-state index contributed by atoms with van der Waals surface area (Å²) in [6, 6.07) is 17.6. The average molecular weight is 379 g/mol. The number of aromatic nitrogens is 3. The molecule has 0 aliphatic heterocycles. The summed E-state index contributed by atoms with van der Waals surface area (Å²) in [7, 11) is 1.65. The van der Waals surface area contributed by atoms with Gasteiger partial charge in [-0.1, -0.05) is 42.1 Å². The van der Waals surface area contributed by atoms with Gasteiger partial charge in [0, 0.05) is 11.3 Å². The summed E-state index contributed by atoms with van der Waals surface area (Å²) in [4.78, 5) is 4.50. The van der Waals surface area contributed by atoms with Gasteiger partial charge in [-0.2, -0.15) is 0 Å². The van der Waals surface area contributed by atoms with Gasteiger partial charge in [-0.15, -0.1) is 10.2 Å². The Kier molecular flexibility index (Phi) is 5.20. The van der Waals surface area contributed by atoms with E-state index in [2.05, 4.69) is 15.2 Å². The van der Waals surface area contributed by atoms with E-state index in [0.717, 1.165) is 22.6 Å². The minimum absolute atomic E-state index is 0.516. The van der Waals surface area contributed by atoms with Crippen LogP contribution in [0.1, 0.15) is 17.1 Å². The molecule has 2 heterocycles. The Morgan fingerprint density at radius 3 is 2.59 bits per heavy atom. The normalized spacial score (nSPS) is 10.9. The predicted molar refractivity (Wildman–Crippen MR) is 102 cm³/mol. The zero-order valence-corrected chi connectivity index (χ0v) is 15.5. The highest BCUT2D eigenvalue weighted by Gasteiger charge is 2.11. The Labute approximate surface area is 160 Å². The van der Waals surface area contributed by atoms with E-state index in [1.165, 1.54) is 11.8 Å². The Balaban J connectivity index is 1.35. The van der Waals surface area contributed by atoms with Crippen LogP contribution in [-0.2, 0) is 12.2 Å². The van der Waals surface area contributed by atoms with Crippen molar-refractivity contribution in [2.45, 2.75) is 17.4 Å². The fourth-order valence-electron chi connectivity index (χ4n) is 2.51. The highest BCUT2D eigenvalue weighted by molar-refractivity contribution is 7.98. The monoisotopic (exact) mass is 379 g/mol. The van der Waals surface area contributed by atoms with Gasteiger partial charge in [-0.3, -0.25) is 0 Å². The van der Waals surface area contributed by atoms with Crippen molar-refractivity contribution in [3.63, 3.8) is 0 Å². The summed E-state index contributed by atoms with van der Waals surface area (Å²) in [6.45, 7) is 0. The van der Waals surface area contributed by atoms with Crippen molar-refractivity contribution in [2.75, 3.05) is 7.11 Å². The topological polar surface area (TPSA) is 74.2 Å². The molecule has 0 bridgehead atoms. The van der Waals surface area contributed by atoms with Crippen molar-refractivity contribution in [3.8, 4) is 17.2 Å². The second kappa shape index (κ2) is 8.09. The average Bonchev–Trinajstić information content (AvgIpc) is 3.37. The third-order valence-corrected chi connectivity index (χ3v) is 4.73. The summed E-state index contributed by atoms with van der Waals surface area (Å²) in [6.07, 6.45) is 2.24. The first-order valence-corrected chi connectivity index (χ1v) is 9.36. The van der Waals surface area contributed by atoms with Gasteiger partial charge in [0.25, 0.3) is 5.22 Å². The van der Waals surface area contributed by atoms with Gasteiger partial charge in [0.15, 0.2) is 0 Å². The molecule has 0 atom stereocenters. The first-order valence-electron chi connectivity index (χ1n) is 8.38. The maximum Gasteiger partial charge on any atom is 0.276 e. The van der Waals surface area contributed by atoms with Crippen LogP contribution in [0.25, 0.3) is 11.5 Å². The number of ether oxygens (including phenoxy) is 1. The third-order valence-electron chi connectivity index (χ3n) is 3.88. The quantitative estimate of drug-likeness (QED) is 0.434. The zero-order valence-electron chi connectivity index (χ0n) is 14.7. The number of nitrogens with zero attached hydrogens (tertiary/aromatic N) is 3. The predicted octanol–water partition coefficient (Wildman–Crippen LogP) is 4.62. The zero-order chi connectivity index (χ0) is 18.5. The van der Waals surface area contributed by atoms with Gasteiger partial charge in [0.05, 0.1) is 19.2 Å². The number of thioether (sulfide) groups is 1. The fourth-order valence-corrected chi connectivity index (χ4v) is 3.17. The van der Waals surface area contributed by atoms with Gasteiger partial charge >= 0.3 is 0 Å². The van der Waals surface area contributed by atoms with Gasteiger partial charge in [-0.25, -0.2) is 4.98 Å². The highest BCUT2D eigenvalue weighted by Crippen LogP contribution is 2.25. The van der Waals surface area contributed by atoms with E-state index in [4.69, 9.17) is 13.6 Å².